The summed E-state index contributed by atoms with van der Waals surface area (Å²) >= 11 is 1.67. The van der Waals surface area contributed by atoms with Crippen LogP contribution in [-0.4, -0.2) is 54.8 Å². The highest BCUT2D eigenvalue weighted by molar-refractivity contribution is 7.98. The quantitative estimate of drug-likeness (QED) is 0.454. The van der Waals surface area contributed by atoms with Crippen molar-refractivity contribution in [1.82, 2.24) is 16.0 Å². The molecule has 3 atom stereocenters. The van der Waals surface area contributed by atoms with Gasteiger partial charge in [0.25, 0.3) is 0 Å². The van der Waals surface area contributed by atoms with E-state index in [9.17, 15) is 14.4 Å². The van der Waals surface area contributed by atoms with E-state index < -0.39 is 12.1 Å². The molecule has 2 amide bonds. The number of hydrogen-bond donors (Lipinski definition) is 3. The van der Waals surface area contributed by atoms with Gasteiger partial charge in [0.15, 0.2) is 5.78 Å². The van der Waals surface area contributed by atoms with Gasteiger partial charge in [-0.1, -0.05) is 44.2 Å². The van der Waals surface area contributed by atoms with E-state index in [0.717, 1.165) is 11.3 Å². The largest absolute Gasteiger partial charge is 0.344 e. The van der Waals surface area contributed by atoms with Crippen LogP contribution in [0.25, 0.3) is 0 Å². The molecule has 1 aromatic rings. The van der Waals surface area contributed by atoms with Crippen molar-refractivity contribution in [2.75, 3.05) is 19.1 Å². The predicted octanol–water partition coefficient (Wildman–Crippen LogP) is 2.17. The number of likely N-dealkylation sites (N-methyl/N-ethyl adjacent to an activating group) is 1. The van der Waals surface area contributed by atoms with Gasteiger partial charge < -0.3 is 16.0 Å². The van der Waals surface area contributed by atoms with Crippen LogP contribution in [-0.2, 0) is 20.8 Å². The number of rotatable bonds is 13. The average Bonchev–Trinajstić information content (AvgIpc) is 2.67. The molecule has 0 saturated carbocycles. The molecule has 162 valence electrons. The van der Waals surface area contributed by atoms with E-state index in [1.807, 2.05) is 50.4 Å². The Bertz CT molecular complexity index is 652. The molecule has 0 aliphatic rings. The third-order valence-corrected chi connectivity index (χ3v) is 5.35. The molecule has 29 heavy (non-hydrogen) atoms. The Morgan fingerprint density at radius 3 is 2.07 bits per heavy atom. The fraction of sp³-hybridized carbons (Fsp3) is 0.591. The van der Waals surface area contributed by atoms with Crippen LogP contribution in [0.3, 0.4) is 0 Å². The van der Waals surface area contributed by atoms with E-state index in [1.165, 1.54) is 6.92 Å². The lowest BCUT2D eigenvalue weighted by molar-refractivity contribution is -0.132. The average molecular weight is 422 g/mol. The van der Waals surface area contributed by atoms with E-state index in [-0.39, 0.29) is 29.6 Å². The van der Waals surface area contributed by atoms with E-state index in [0.29, 0.717) is 19.3 Å². The minimum Gasteiger partial charge on any atom is -0.344 e. The number of thioether (sulfide) groups is 1. The molecule has 0 spiro atoms. The van der Waals surface area contributed by atoms with Crippen LogP contribution < -0.4 is 16.0 Å². The predicted molar refractivity (Wildman–Crippen MR) is 120 cm³/mol. The maximum atomic E-state index is 12.9. The molecular formula is C22H35N3O3S. The Labute approximate surface area is 179 Å². The van der Waals surface area contributed by atoms with Gasteiger partial charge in [-0.15, -0.1) is 0 Å². The lowest BCUT2D eigenvalue weighted by Gasteiger charge is -2.25. The first kappa shape index (κ1) is 25.2. The lowest BCUT2D eigenvalue weighted by Crippen LogP contribution is -2.55. The summed E-state index contributed by atoms with van der Waals surface area (Å²) in [6.07, 6.45) is 3.61. The zero-order chi connectivity index (χ0) is 21.8. The summed E-state index contributed by atoms with van der Waals surface area (Å²) in [6, 6.07) is 7.94. The zero-order valence-electron chi connectivity index (χ0n) is 18.2. The van der Waals surface area contributed by atoms with Gasteiger partial charge >= 0.3 is 0 Å². The van der Waals surface area contributed by atoms with Crippen molar-refractivity contribution in [3.63, 3.8) is 0 Å². The van der Waals surface area contributed by atoms with Crippen LogP contribution in [0.1, 0.15) is 39.2 Å². The number of Topliss-reactive ketones (excluding diaryl/α,β-unsaturated/α-hetero) is 1. The standard InChI is InChI=1S/C22H35N3O3S/c1-15(2)13-20(25-21(27)18(23-4)11-12-29-5)22(28)24-19(16(3)26)14-17-9-7-6-8-10-17/h6-10,15,18-20,23H,11-14H2,1-5H3,(H,24,28)(H,25,27). The van der Waals surface area contributed by atoms with Gasteiger partial charge in [0, 0.05) is 0 Å². The van der Waals surface area contributed by atoms with Crippen molar-refractivity contribution in [3.05, 3.63) is 35.9 Å². The van der Waals surface area contributed by atoms with Gasteiger partial charge in [0.05, 0.1) is 12.1 Å². The number of carbonyl (C=O) groups excluding carboxylic acids is 3. The lowest BCUT2D eigenvalue weighted by atomic mass is 9.99. The third kappa shape index (κ3) is 9.45. The molecule has 1 aromatic carbocycles. The van der Waals surface area contributed by atoms with E-state index in [1.54, 1.807) is 18.8 Å². The summed E-state index contributed by atoms with van der Waals surface area (Å²) in [5.74, 6) is 0.455. The molecule has 0 heterocycles. The van der Waals surface area contributed by atoms with Crippen LogP contribution >= 0.6 is 11.8 Å². The van der Waals surface area contributed by atoms with E-state index >= 15 is 0 Å². The summed E-state index contributed by atoms with van der Waals surface area (Å²) in [6.45, 7) is 5.48. The Balaban J connectivity index is 2.84. The zero-order valence-corrected chi connectivity index (χ0v) is 19.0. The van der Waals surface area contributed by atoms with Gasteiger partial charge in [0.1, 0.15) is 6.04 Å². The second kappa shape index (κ2) is 13.4. The maximum absolute atomic E-state index is 12.9. The number of benzene rings is 1. The summed E-state index contributed by atoms with van der Waals surface area (Å²) < 4.78 is 0. The summed E-state index contributed by atoms with van der Waals surface area (Å²) in [7, 11) is 1.74. The number of carbonyl (C=O) groups is 3. The van der Waals surface area contributed by atoms with Gasteiger partial charge in [-0.25, -0.2) is 0 Å². The van der Waals surface area contributed by atoms with Crippen molar-refractivity contribution in [1.29, 1.82) is 0 Å². The number of hydrogen-bond acceptors (Lipinski definition) is 5. The third-order valence-electron chi connectivity index (χ3n) is 4.71. The molecule has 0 saturated heterocycles. The highest BCUT2D eigenvalue weighted by Crippen LogP contribution is 2.09. The van der Waals surface area contributed by atoms with Crippen LogP contribution in [0.2, 0.25) is 0 Å². The summed E-state index contributed by atoms with van der Waals surface area (Å²) in [5, 5.41) is 8.75. The van der Waals surface area contributed by atoms with E-state index in [4.69, 9.17) is 0 Å². The van der Waals surface area contributed by atoms with Crippen LogP contribution in [0.5, 0.6) is 0 Å². The van der Waals surface area contributed by atoms with Gasteiger partial charge in [-0.2, -0.15) is 11.8 Å². The monoisotopic (exact) mass is 421 g/mol. The maximum Gasteiger partial charge on any atom is 0.243 e. The number of nitrogens with one attached hydrogen (secondary N) is 3. The van der Waals surface area contributed by atoms with Crippen LogP contribution in [0.4, 0.5) is 0 Å². The first-order valence-electron chi connectivity index (χ1n) is 10.1. The van der Waals surface area contributed by atoms with Gasteiger partial charge in [0.2, 0.25) is 11.8 Å². The molecule has 6 nitrogen and oxygen atoms in total. The van der Waals surface area contributed by atoms with Crippen molar-refractivity contribution < 1.29 is 14.4 Å². The molecule has 0 aromatic heterocycles. The molecule has 7 heteroatoms. The summed E-state index contributed by atoms with van der Waals surface area (Å²) in [4.78, 5) is 37.7. The Morgan fingerprint density at radius 1 is 0.966 bits per heavy atom. The first-order valence-corrected chi connectivity index (χ1v) is 11.5. The van der Waals surface area contributed by atoms with Crippen LogP contribution in [0.15, 0.2) is 30.3 Å². The highest BCUT2D eigenvalue weighted by atomic mass is 32.2. The molecule has 1 rings (SSSR count). The number of amides is 2. The fourth-order valence-electron chi connectivity index (χ4n) is 3.04. The molecule has 0 bridgehead atoms. The van der Waals surface area contributed by atoms with Crippen molar-refractivity contribution in [2.45, 2.75) is 58.2 Å². The van der Waals surface area contributed by atoms with Crippen molar-refractivity contribution in [3.8, 4) is 0 Å². The van der Waals surface area contributed by atoms with Crippen molar-refractivity contribution >= 4 is 29.4 Å². The molecule has 3 N–H and O–H groups in total. The molecule has 0 radical (unpaired) electrons. The number of ketones is 1. The minimum absolute atomic E-state index is 0.107. The second-order valence-corrected chi connectivity index (χ2v) is 8.66. The molecular weight excluding hydrogens is 386 g/mol. The topological polar surface area (TPSA) is 87.3 Å². The van der Waals surface area contributed by atoms with Gasteiger partial charge in [-0.3, -0.25) is 14.4 Å². The molecule has 0 fully saturated rings. The van der Waals surface area contributed by atoms with Crippen LogP contribution in [0, 0.1) is 5.92 Å². The summed E-state index contributed by atoms with van der Waals surface area (Å²) in [5.41, 5.74) is 0.977. The molecule has 0 aliphatic heterocycles. The molecule has 3 unspecified atom stereocenters. The fourth-order valence-corrected chi connectivity index (χ4v) is 3.51. The van der Waals surface area contributed by atoms with Gasteiger partial charge in [-0.05, 0) is 56.7 Å². The Hall–Kier alpha value is -1.86. The Kier molecular flexibility index (Phi) is 11.6. The SMILES string of the molecule is CNC(CCSC)C(=O)NC(CC(C)C)C(=O)NC(Cc1ccccc1)C(C)=O. The first-order chi connectivity index (χ1) is 13.8. The Morgan fingerprint density at radius 2 is 1.55 bits per heavy atom. The second-order valence-electron chi connectivity index (χ2n) is 7.68. The molecule has 0 aliphatic carbocycles. The smallest absolute Gasteiger partial charge is 0.243 e. The van der Waals surface area contributed by atoms with Crippen molar-refractivity contribution in [2.24, 2.45) is 5.92 Å². The van der Waals surface area contributed by atoms with E-state index in [2.05, 4.69) is 16.0 Å². The minimum atomic E-state index is -0.676. The highest BCUT2D eigenvalue weighted by Gasteiger charge is 2.28. The normalized spacial score (nSPS) is 14.1.